The first-order chi connectivity index (χ1) is 25.1. The Kier molecular flexibility index (Phi) is 11.5. The van der Waals surface area contributed by atoms with Gasteiger partial charge in [-0.05, 0) is 107 Å². The van der Waals surface area contributed by atoms with Crippen LogP contribution in [0.2, 0.25) is 5.02 Å². The van der Waals surface area contributed by atoms with Gasteiger partial charge in [0.2, 0.25) is 0 Å². The Morgan fingerprint density at radius 1 is 1.12 bits per heavy atom. The highest BCUT2D eigenvalue weighted by atomic mass is 35.5. The van der Waals surface area contributed by atoms with Crippen LogP contribution in [0.1, 0.15) is 65.9 Å². The van der Waals surface area contributed by atoms with Gasteiger partial charge in [-0.2, -0.15) is 0 Å². The van der Waals surface area contributed by atoms with Gasteiger partial charge in [0.1, 0.15) is 17.5 Å². The van der Waals surface area contributed by atoms with Gasteiger partial charge in [-0.3, -0.25) is 4.79 Å². The molecule has 1 N–H and O–H groups in total. The molecule has 1 aliphatic heterocycles. The van der Waals surface area contributed by atoms with E-state index in [4.69, 9.17) is 31.9 Å². The Bertz CT molecular complexity index is 1850. The fourth-order valence-corrected chi connectivity index (χ4v) is 8.61. The molecule has 1 spiro atoms. The third-order valence-corrected chi connectivity index (χ3v) is 12.1. The number of benzene rings is 2. The lowest BCUT2D eigenvalue weighted by atomic mass is 9.68. The number of rotatable bonds is 15. The highest BCUT2D eigenvalue weighted by molar-refractivity contribution is 7.90. The molecule has 52 heavy (non-hydrogen) atoms. The summed E-state index contributed by atoms with van der Waals surface area (Å²) in [4.78, 5) is 28.4. The lowest BCUT2D eigenvalue weighted by Gasteiger charge is -2.46. The van der Waals surface area contributed by atoms with E-state index in [2.05, 4.69) is 28.8 Å². The lowest BCUT2D eigenvalue weighted by Crippen LogP contribution is -2.50. The number of carbonyl (C=O) groups excluding carboxylic acids is 2. The normalized spacial score (nSPS) is 22.6. The second-order valence-corrected chi connectivity index (χ2v) is 17.1. The van der Waals surface area contributed by atoms with Crippen LogP contribution >= 0.6 is 11.6 Å². The Balaban J connectivity index is 1.49. The van der Waals surface area contributed by atoms with Crippen molar-refractivity contribution in [3.8, 4) is 5.75 Å². The van der Waals surface area contributed by atoms with E-state index in [-0.39, 0.29) is 29.9 Å². The summed E-state index contributed by atoms with van der Waals surface area (Å²) < 4.78 is 61.2. The van der Waals surface area contributed by atoms with Gasteiger partial charge in [-0.25, -0.2) is 17.9 Å². The van der Waals surface area contributed by atoms with E-state index in [9.17, 15) is 18.0 Å². The van der Waals surface area contributed by atoms with Crippen molar-refractivity contribution in [1.29, 1.82) is 0 Å². The smallest absolute Gasteiger partial charge is 0.338 e. The minimum absolute atomic E-state index is 0.0280. The van der Waals surface area contributed by atoms with Crippen LogP contribution in [0.5, 0.6) is 5.75 Å². The quantitative estimate of drug-likeness (QED) is 0.156. The molecule has 0 aromatic heterocycles. The highest BCUT2D eigenvalue weighted by Crippen LogP contribution is 2.47. The number of fused-ring (bicyclic) bond motifs is 3. The predicted molar refractivity (Wildman–Crippen MR) is 202 cm³/mol. The van der Waals surface area contributed by atoms with Crippen LogP contribution in [0.15, 0.2) is 79.2 Å². The zero-order chi connectivity index (χ0) is 38.6. The standard InChI is InChI=1S/C40H51ClN2O8S/c1-8-20-49-38(4,5)36(44)42-52(46,47)30-15-18-35-33(23-30)43(25-40(26-48-35)19-11-12-27-22-29(41)14-17-32(27)40)24-28-13-16-31(28)34(10-3)51-37(45)39(6,7)50-21-9-2/h8-10,14-15,17-18,22-23,28,31,34H,1-3,11-13,16,19-21,24-26H2,4-7H3,(H,42,44)/t28-,31+,34-,40-/m0/s1/i3D. The summed E-state index contributed by atoms with van der Waals surface area (Å²) in [6.07, 6.45) is 8.26. The molecule has 0 unspecified atom stereocenters. The molecule has 12 heteroatoms. The zero-order valence-corrected chi connectivity index (χ0v) is 32.1. The Labute approximate surface area is 314 Å². The Hall–Kier alpha value is -3.64. The molecule has 2 aromatic carbocycles. The first-order valence-electron chi connectivity index (χ1n) is 18.3. The van der Waals surface area contributed by atoms with E-state index in [0.717, 1.165) is 44.2 Å². The van der Waals surface area contributed by atoms with Gasteiger partial charge in [-0.15, -0.1) is 13.2 Å². The number of aryl methyl sites for hydroxylation is 1. The van der Waals surface area contributed by atoms with Crippen molar-refractivity contribution in [2.45, 2.75) is 87.4 Å². The van der Waals surface area contributed by atoms with Crippen molar-refractivity contribution in [2.24, 2.45) is 11.8 Å². The maximum absolute atomic E-state index is 13.7. The molecule has 282 valence electrons. The van der Waals surface area contributed by atoms with Crippen LogP contribution in [0.3, 0.4) is 0 Å². The van der Waals surface area contributed by atoms with Crippen molar-refractivity contribution in [3.63, 3.8) is 0 Å². The number of hydrogen-bond donors (Lipinski definition) is 1. The molecular formula is C40H51ClN2O8S. The number of ether oxygens (including phenoxy) is 4. The SMILES string of the molecule is [2H]C=C[C@H](OC(=O)C(C)(C)OCC=C)[C@@H]1CC[C@H]1CN1C[C@@]2(CCCc3cc(Cl)ccc32)COc2ccc(S(=O)(=O)NC(=O)C(C)(C)OCC=C)cc21. The molecule has 1 fully saturated rings. The Morgan fingerprint density at radius 3 is 2.52 bits per heavy atom. The van der Waals surface area contributed by atoms with Gasteiger partial charge in [0.25, 0.3) is 15.9 Å². The van der Waals surface area contributed by atoms with Gasteiger partial charge in [0.15, 0.2) is 5.60 Å². The number of amides is 1. The van der Waals surface area contributed by atoms with Crippen LogP contribution in [-0.4, -0.2) is 70.5 Å². The summed E-state index contributed by atoms with van der Waals surface area (Å²) in [5, 5.41) is 0.670. The van der Waals surface area contributed by atoms with Crippen LogP contribution in [0, 0.1) is 11.8 Å². The molecule has 0 radical (unpaired) electrons. The fourth-order valence-electron chi connectivity index (χ4n) is 7.30. The van der Waals surface area contributed by atoms with Crippen molar-refractivity contribution < 1.29 is 38.3 Å². The van der Waals surface area contributed by atoms with Crippen molar-refractivity contribution >= 4 is 39.2 Å². The number of carbonyl (C=O) groups is 2. The van der Waals surface area contributed by atoms with E-state index in [0.29, 0.717) is 36.2 Å². The van der Waals surface area contributed by atoms with Crippen LogP contribution < -0.4 is 14.4 Å². The first-order valence-corrected chi connectivity index (χ1v) is 19.6. The van der Waals surface area contributed by atoms with E-state index in [1.807, 2.05) is 12.1 Å². The van der Waals surface area contributed by atoms with Gasteiger partial charge in [-0.1, -0.05) is 42.5 Å². The summed E-state index contributed by atoms with van der Waals surface area (Å²) >= 11 is 6.44. The fraction of sp³-hybridized carbons (Fsp3) is 0.500. The van der Waals surface area contributed by atoms with Crippen LogP contribution in [0.4, 0.5) is 5.69 Å². The maximum atomic E-state index is 13.7. The predicted octanol–water partition coefficient (Wildman–Crippen LogP) is 6.70. The molecule has 10 nitrogen and oxygen atoms in total. The van der Waals surface area contributed by atoms with Gasteiger partial charge in [0.05, 0.1) is 31.8 Å². The monoisotopic (exact) mass is 755 g/mol. The second kappa shape index (κ2) is 15.8. The third kappa shape index (κ3) is 8.43. The van der Waals surface area contributed by atoms with Crippen molar-refractivity contribution in [2.75, 3.05) is 37.8 Å². The minimum Gasteiger partial charge on any atom is -0.490 e. The third-order valence-electron chi connectivity index (χ3n) is 10.5. The van der Waals surface area contributed by atoms with Crippen molar-refractivity contribution in [3.05, 3.63) is 90.5 Å². The zero-order valence-electron chi connectivity index (χ0n) is 31.5. The number of sulfonamides is 1. The van der Waals surface area contributed by atoms with Gasteiger partial charge in [0, 0.05) is 29.4 Å². The molecular weight excluding hydrogens is 704 g/mol. The Morgan fingerprint density at radius 2 is 1.85 bits per heavy atom. The van der Waals surface area contributed by atoms with Crippen LogP contribution in [-0.2, 0) is 45.7 Å². The average molecular weight is 756 g/mol. The molecule has 1 amide bonds. The molecule has 3 aliphatic rings. The minimum atomic E-state index is -4.32. The molecule has 4 atom stereocenters. The summed E-state index contributed by atoms with van der Waals surface area (Å²) in [6.45, 7) is 16.3. The van der Waals surface area contributed by atoms with Gasteiger partial charge < -0.3 is 23.8 Å². The average Bonchev–Trinajstić information content (AvgIpc) is 3.24. The van der Waals surface area contributed by atoms with E-state index in [1.165, 1.54) is 31.6 Å². The number of nitrogens with one attached hydrogen (secondary N) is 1. The molecule has 1 saturated carbocycles. The number of esters is 1. The molecule has 1 heterocycles. The van der Waals surface area contributed by atoms with E-state index < -0.39 is 44.6 Å². The molecule has 2 aliphatic carbocycles. The molecule has 0 saturated heterocycles. The summed E-state index contributed by atoms with van der Waals surface area (Å²) in [5.74, 6) is -0.889. The van der Waals surface area contributed by atoms with Gasteiger partial charge >= 0.3 is 5.97 Å². The molecule has 5 rings (SSSR count). The summed E-state index contributed by atoms with van der Waals surface area (Å²) in [6, 6.07) is 10.6. The highest BCUT2D eigenvalue weighted by Gasteiger charge is 2.46. The maximum Gasteiger partial charge on any atom is 0.338 e. The number of nitrogens with zero attached hydrogens (tertiary/aromatic N) is 1. The van der Waals surface area contributed by atoms with E-state index in [1.54, 1.807) is 38.1 Å². The first kappa shape index (κ1) is 38.1. The lowest BCUT2D eigenvalue weighted by molar-refractivity contribution is -0.175. The summed E-state index contributed by atoms with van der Waals surface area (Å²) in [5.41, 5.74) is -0.156. The van der Waals surface area contributed by atoms with E-state index >= 15 is 0 Å². The molecule has 0 bridgehead atoms. The summed E-state index contributed by atoms with van der Waals surface area (Å²) in [7, 11) is -4.32. The van der Waals surface area contributed by atoms with Crippen molar-refractivity contribution in [1.82, 2.24) is 4.72 Å². The second-order valence-electron chi connectivity index (χ2n) is 15.0. The number of anilines is 1. The van der Waals surface area contributed by atoms with Crippen LogP contribution in [0.25, 0.3) is 0 Å². The topological polar surface area (TPSA) is 120 Å². The number of halogens is 1. The number of hydrogen-bond acceptors (Lipinski definition) is 9. The molecule has 2 aromatic rings. The largest absolute Gasteiger partial charge is 0.490 e.